The Labute approximate surface area is 105 Å². The predicted octanol–water partition coefficient (Wildman–Crippen LogP) is 0.240. The van der Waals surface area contributed by atoms with Crippen molar-refractivity contribution >= 4 is 16.0 Å². The van der Waals surface area contributed by atoms with E-state index in [4.69, 9.17) is 15.6 Å². The first-order valence-corrected chi connectivity index (χ1v) is 6.56. The predicted molar refractivity (Wildman–Crippen MR) is 65.6 cm³/mol. The monoisotopic (exact) mass is 270 g/mol. The molecule has 0 unspecified atom stereocenters. The van der Waals surface area contributed by atoms with E-state index in [1.807, 2.05) is 0 Å². The van der Waals surface area contributed by atoms with E-state index in [0.29, 0.717) is 11.3 Å². The minimum absolute atomic E-state index is 0.00951. The summed E-state index contributed by atoms with van der Waals surface area (Å²) >= 11 is 0. The molecule has 1 aromatic rings. The molecule has 0 saturated heterocycles. The van der Waals surface area contributed by atoms with Crippen LogP contribution in [0, 0.1) is 0 Å². The average molecular weight is 270 g/mol. The van der Waals surface area contributed by atoms with E-state index in [-0.39, 0.29) is 11.5 Å². The largest absolute Gasteiger partial charge is 0.458 e. The summed E-state index contributed by atoms with van der Waals surface area (Å²) in [4.78, 5) is 11.2. The first kappa shape index (κ1) is 14.2. The zero-order valence-corrected chi connectivity index (χ0v) is 10.6. The van der Waals surface area contributed by atoms with Gasteiger partial charge >= 0.3 is 5.97 Å². The lowest BCUT2D eigenvalue weighted by molar-refractivity contribution is -0.139. The second-order valence-corrected chi connectivity index (χ2v) is 5.25. The highest BCUT2D eigenvalue weighted by Gasteiger charge is 2.07. The topological polar surface area (TPSA) is 112 Å². The maximum Gasteiger partial charge on any atom is 0.332 e. The molecule has 18 heavy (non-hydrogen) atoms. The highest BCUT2D eigenvalue weighted by atomic mass is 32.2. The van der Waals surface area contributed by atoms with Crippen LogP contribution in [0.2, 0.25) is 0 Å². The first-order valence-electron chi connectivity index (χ1n) is 5.01. The lowest BCUT2D eigenvalue weighted by Crippen LogP contribution is -2.12. The molecule has 0 aliphatic heterocycles. The van der Waals surface area contributed by atoms with Gasteiger partial charge in [0.2, 0.25) is 10.0 Å². The molecule has 6 nitrogen and oxygen atoms in total. The fourth-order valence-corrected chi connectivity index (χ4v) is 1.67. The summed E-state index contributed by atoms with van der Waals surface area (Å²) < 4.78 is 26.9. The fraction of sp³-hybridized carbons (Fsp3) is 0.182. The van der Waals surface area contributed by atoms with Crippen LogP contribution < -0.4 is 10.9 Å². The summed E-state index contributed by atoms with van der Waals surface area (Å²) in [6.07, 6.45) is 1.17. The molecule has 0 amide bonds. The van der Waals surface area contributed by atoms with Gasteiger partial charge in [-0.3, -0.25) is 0 Å². The summed E-state index contributed by atoms with van der Waals surface area (Å²) in [6, 6.07) is 5.74. The minimum atomic E-state index is -3.70. The van der Waals surface area contributed by atoms with Crippen molar-refractivity contribution in [3.63, 3.8) is 0 Å². The molecule has 1 aromatic carbocycles. The van der Waals surface area contributed by atoms with E-state index in [0.717, 1.165) is 0 Å². The minimum Gasteiger partial charge on any atom is -0.458 e. The zero-order chi connectivity index (χ0) is 13.8. The van der Waals surface area contributed by atoms with Gasteiger partial charge in [0, 0.05) is 11.8 Å². The molecule has 0 aliphatic carbocycles. The van der Waals surface area contributed by atoms with Gasteiger partial charge in [0.05, 0.1) is 4.90 Å². The number of ether oxygens (including phenoxy) is 1. The van der Waals surface area contributed by atoms with Gasteiger partial charge in [0.1, 0.15) is 6.61 Å². The Morgan fingerprint density at radius 1 is 1.33 bits per heavy atom. The lowest BCUT2D eigenvalue weighted by Gasteiger charge is -2.03. The summed E-state index contributed by atoms with van der Waals surface area (Å²) in [7, 11) is -3.70. The Hall–Kier alpha value is -1.86. The molecule has 0 atom stereocenters. The standard InChI is InChI=1S/C11H14N2O4S/c1-8(12)6-11(14)17-7-9-2-4-10(5-3-9)18(13,15)16/h2-6H,7,12H2,1H3,(H2,13,15,16)/b8-6-. The van der Waals surface area contributed by atoms with Crippen LogP contribution in [0.5, 0.6) is 0 Å². The number of sulfonamides is 1. The molecule has 0 fully saturated rings. The number of benzene rings is 1. The molecule has 0 heterocycles. The van der Waals surface area contributed by atoms with Crippen molar-refractivity contribution in [2.75, 3.05) is 0 Å². The number of primary sulfonamides is 1. The highest BCUT2D eigenvalue weighted by Crippen LogP contribution is 2.09. The number of carbonyl (C=O) groups excluding carboxylic acids is 1. The number of allylic oxidation sites excluding steroid dienone is 1. The molecule has 1 rings (SSSR count). The molecule has 0 aromatic heterocycles. The molecule has 0 radical (unpaired) electrons. The third kappa shape index (κ3) is 4.56. The third-order valence-electron chi connectivity index (χ3n) is 1.98. The van der Waals surface area contributed by atoms with Gasteiger partial charge in [-0.1, -0.05) is 12.1 Å². The van der Waals surface area contributed by atoms with Gasteiger partial charge in [-0.15, -0.1) is 0 Å². The molecular formula is C11H14N2O4S. The number of hydrogen-bond donors (Lipinski definition) is 2. The van der Waals surface area contributed by atoms with Gasteiger partial charge in [-0.25, -0.2) is 18.4 Å². The van der Waals surface area contributed by atoms with Crippen LogP contribution in [0.15, 0.2) is 40.9 Å². The Bertz CT molecular complexity index is 557. The Kier molecular flexibility index (Phi) is 4.46. The van der Waals surface area contributed by atoms with Crippen molar-refractivity contribution in [3.8, 4) is 0 Å². The zero-order valence-electron chi connectivity index (χ0n) is 9.79. The smallest absolute Gasteiger partial charge is 0.332 e. The van der Waals surface area contributed by atoms with Gasteiger partial charge < -0.3 is 10.5 Å². The first-order chi connectivity index (χ1) is 8.29. The van der Waals surface area contributed by atoms with E-state index < -0.39 is 16.0 Å². The third-order valence-corrected chi connectivity index (χ3v) is 2.91. The van der Waals surface area contributed by atoms with Gasteiger partial charge in [0.25, 0.3) is 0 Å². The van der Waals surface area contributed by atoms with Crippen molar-refractivity contribution in [2.24, 2.45) is 10.9 Å². The Morgan fingerprint density at radius 2 is 1.89 bits per heavy atom. The number of rotatable bonds is 4. The van der Waals surface area contributed by atoms with Crippen LogP contribution in [-0.4, -0.2) is 14.4 Å². The van der Waals surface area contributed by atoms with Crippen molar-refractivity contribution in [3.05, 3.63) is 41.6 Å². The number of nitrogens with two attached hydrogens (primary N) is 2. The van der Waals surface area contributed by atoms with Crippen molar-refractivity contribution in [2.45, 2.75) is 18.4 Å². The van der Waals surface area contributed by atoms with Crippen LogP contribution >= 0.6 is 0 Å². The maximum atomic E-state index is 11.2. The van der Waals surface area contributed by atoms with Crippen molar-refractivity contribution in [1.82, 2.24) is 0 Å². The van der Waals surface area contributed by atoms with Gasteiger partial charge in [0.15, 0.2) is 0 Å². The molecule has 0 saturated carbocycles. The van der Waals surface area contributed by atoms with Crippen LogP contribution in [-0.2, 0) is 26.2 Å². The SMILES string of the molecule is C/C(N)=C/C(=O)OCc1ccc(S(N)(=O)=O)cc1. The van der Waals surface area contributed by atoms with Gasteiger partial charge in [-0.2, -0.15) is 0 Å². The Balaban J connectivity index is 2.66. The summed E-state index contributed by atoms with van der Waals surface area (Å²) in [5.41, 5.74) is 6.31. The van der Waals surface area contributed by atoms with Crippen molar-refractivity contribution < 1.29 is 17.9 Å². The molecule has 0 bridgehead atoms. The number of carbonyl (C=O) groups is 1. The summed E-state index contributed by atoms with van der Waals surface area (Å²) in [5, 5.41) is 4.95. The van der Waals surface area contributed by atoms with E-state index in [1.165, 1.54) is 30.3 Å². The molecule has 0 spiro atoms. The Morgan fingerprint density at radius 3 is 2.33 bits per heavy atom. The quantitative estimate of drug-likeness (QED) is 0.601. The van der Waals surface area contributed by atoms with Crippen LogP contribution in [0.1, 0.15) is 12.5 Å². The second-order valence-electron chi connectivity index (χ2n) is 3.69. The molecule has 4 N–H and O–H groups in total. The maximum absolute atomic E-state index is 11.2. The average Bonchev–Trinajstić information content (AvgIpc) is 2.25. The van der Waals surface area contributed by atoms with E-state index in [1.54, 1.807) is 6.92 Å². The van der Waals surface area contributed by atoms with Crippen LogP contribution in [0.3, 0.4) is 0 Å². The molecule has 98 valence electrons. The van der Waals surface area contributed by atoms with E-state index >= 15 is 0 Å². The molecule has 7 heteroatoms. The molecular weight excluding hydrogens is 256 g/mol. The van der Waals surface area contributed by atoms with Crippen LogP contribution in [0.4, 0.5) is 0 Å². The van der Waals surface area contributed by atoms with E-state index in [2.05, 4.69) is 0 Å². The lowest BCUT2D eigenvalue weighted by atomic mass is 10.2. The highest BCUT2D eigenvalue weighted by molar-refractivity contribution is 7.89. The van der Waals surface area contributed by atoms with E-state index in [9.17, 15) is 13.2 Å². The second kappa shape index (κ2) is 5.65. The summed E-state index contributed by atoms with van der Waals surface area (Å²) in [5.74, 6) is -0.550. The van der Waals surface area contributed by atoms with Crippen LogP contribution in [0.25, 0.3) is 0 Å². The molecule has 0 aliphatic rings. The number of esters is 1. The number of hydrogen-bond acceptors (Lipinski definition) is 5. The summed E-state index contributed by atoms with van der Waals surface area (Å²) in [6.45, 7) is 1.61. The van der Waals surface area contributed by atoms with Gasteiger partial charge in [-0.05, 0) is 24.6 Å². The normalized spacial score (nSPS) is 12.2. The van der Waals surface area contributed by atoms with Crippen molar-refractivity contribution in [1.29, 1.82) is 0 Å². The fourth-order valence-electron chi connectivity index (χ4n) is 1.16.